The van der Waals surface area contributed by atoms with E-state index in [1.165, 1.54) is 19.2 Å². The molecule has 4 aromatic rings. The maximum Gasteiger partial charge on any atom is 0.264 e. The van der Waals surface area contributed by atoms with E-state index in [0.717, 1.165) is 35.3 Å². The average Bonchev–Trinajstić information content (AvgIpc) is 3.64. The van der Waals surface area contributed by atoms with E-state index in [2.05, 4.69) is 20.9 Å². The number of carbonyl (C=O) groups excluding carboxylic acids is 2. The van der Waals surface area contributed by atoms with Crippen molar-refractivity contribution in [3.8, 4) is 17.0 Å². The average molecular weight is 531 g/mol. The quantitative estimate of drug-likeness (QED) is 0.253. The van der Waals surface area contributed by atoms with E-state index in [4.69, 9.17) is 4.74 Å². The summed E-state index contributed by atoms with van der Waals surface area (Å²) in [7, 11) is 1.40. The molecule has 1 fully saturated rings. The molecule has 0 spiro atoms. The lowest BCUT2D eigenvalue weighted by Gasteiger charge is -2.10. The molecule has 38 heavy (non-hydrogen) atoms. The number of hydrogen-bond donors (Lipinski definition) is 3. The third-order valence-electron chi connectivity index (χ3n) is 6.21. The van der Waals surface area contributed by atoms with Crippen LogP contribution in [0.4, 0.5) is 15.2 Å². The fraction of sp³-hybridized carbons (Fsp3) is 0.207. The number of nitrogens with one attached hydrogen (secondary N) is 3. The highest BCUT2D eigenvalue weighted by molar-refractivity contribution is 7.18. The van der Waals surface area contributed by atoms with E-state index in [0.29, 0.717) is 39.1 Å². The first-order chi connectivity index (χ1) is 18.4. The number of rotatable bonds is 9. The smallest absolute Gasteiger partial charge is 0.264 e. The van der Waals surface area contributed by atoms with E-state index in [9.17, 15) is 14.0 Å². The Balaban J connectivity index is 1.45. The van der Waals surface area contributed by atoms with Crippen molar-refractivity contribution in [1.82, 2.24) is 15.6 Å². The number of hydrogen-bond acceptors (Lipinski definition) is 6. The minimum Gasteiger partial charge on any atom is -0.494 e. The molecule has 0 unspecified atom stereocenters. The second-order valence-corrected chi connectivity index (χ2v) is 10.1. The molecule has 0 bridgehead atoms. The first-order valence-electron chi connectivity index (χ1n) is 12.3. The van der Waals surface area contributed by atoms with Gasteiger partial charge in [-0.2, -0.15) is 0 Å². The third-order valence-corrected chi connectivity index (χ3v) is 7.18. The van der Waals surface area contributed by atoms with Gasteiger partial charge in [-0.15, -0.1) is 0 Å². The van der Waals surface area contributed by atoms with Crippen LogP contribution in [0.15, 0.2) is 66.7 Å². The SMILES string of the molecule is COc1ccc(-c2nc(Nc3cc(C(=O)NC4CC4)ccc3C)sc2C(=O)NCc2ccccc2)cc1F. The Morgan fingerprint density at radius 1 is 1.05 bits per heavy atom. The van der Waals surface area contributed by atoms with Gasteiger partial charge < -0.3 is 20.7 Å². The van der Waals surface area contributed by atoms with Gasteiger partial charge in [0.25, 0.3) is 11.8 Å². The van der Waals surface area contributed by atoms with Gasteiger partial charge in [-0.1, -0.05) is 47.7 Å². The number of amides is 2. The fourth-order valence-electron chi connectivity index (χ4n) is 3.90. The highest BCUT2D eigenvalue weighted by atomic mass is 32.1. The normalized spacial score (nSPS) is 12.6. The summed E-state index contributed by atoms with van der Waals surface area (Å²) in [5, 5.41) is 9.64. The minimum absolute atomic E-state index is 0.106. The number of benzene rings is 3. The molecule has 3 N–H and O–H groups in total. The topological polar surface area (TPSA) is 92.3 Å². The Bertz CT molecular complexity index is 1480. The van der Waals surface area contributed by atoms with Gasteiger partial charge in [0.15, 0.2) is 16.7 Å². The van der Waals surface area contributed by atoms with Crippen LogP contribution in [0.3, 0.4) is 0 Å². The van der Waals surface area contributed by atoms with E-state index >= 15 is 0 Å². The fourth-order valence-corrected chi connectivity index (χ4v) is 4.82. The Morgan fingerprint density at radius 3 is 2.55 bits per heavy atom. The van der Waals surface area contributed by atoms with Crippen LogP contribution in [-0.2, 0) is 6.54 Å². The zero-order valence-electron chi connectivity index (χ0n) is 21.0. The molecule has 0 radical (unpaired) electrons. The van der Waals surface area contributed by atoms with Gasteiger partial charge >= 0.3 is 0 Å². The lowest BCUT2D eigenvalue weighted by molar-refractivity contribution is 0.0944. The van der Waals surface area contributed by atoms with Crippen LogP contribution < -0.4 is 20.7 Å². The first kappa shape index (κ1) is 25.4. The highest BCUT2D eigenvalue weighted by Crippen LogP contribution is 2.35. The lowest BCUT2D eigenvalue weighted by Crippen LogP contribution is -2.25. The summed E-state index contributed by atoms with van der Waals surface area (Å²) < 4.78 is 19.6. The molecule has 1 aliphatic carbocycles. The summed E-state index contributed by atoms with van der Waals surface area (Å²) in [6, 6.07) is 19.7. The van der Waals surface area contributed by atoms with Crippen LogP contribution in [-0.4, -0.2) is 29.9 Å². The van der Waals surface area contributed by atoms with E-state index in [-0.39, 0.29) is 23.6 Å². The monoisotopic (exact) mass is 530 g/mol. The van der Waals surface area contributed by atoms with Crippen molar-refractivity contribution >= 4 is 34.0 Å². The molecule has 1 saturated carbocycles. The maximum absolute atomic E-state index is 14.6. The number of methoxy groups -OCH3 is 1. The maximum atomic E-state index is 14.6. The summed E-state index contributed by atoms with van der Waals surface area (Å²) in [6.45, 7) is 2.26. The molecular weight excluding hydrogens is 503 g/mol. The van der Waals surface area contributed by atoms with Crippen LogP contribution in [0.1, 0.15) is 44.0 Å². The molecule has 1 heterocycles. The molecule has 0 atom stereocenters. The van der Waals surface area contributed by atoms with Crippen molar-refractivity contribution in [3.63, 3.8) is 0 Å². The van der Waals surface area contributed by atoms with Gasteiger partial charge in [0, 0.05) is 29.4 Å². The van der Waals surface area contributed by atoms with Crippen LogP contribution in [0.2, 0.25) is 0 Å². The number of anilines is 2. The van der Waals surface area contributed by atoms with Crippen LogP contribution in [0, 0.1) is 12.7 Å². The number of thiazole rings is 1. The second-order valence-electron chi connectivity index (χ2n) is 9.12. The summed E-state index contributed by atoms with van der Waals surface area (Å²) in [4.78, 5) is 30.8. The van der Waals surface area contributed by atoms with Crippen LogP contribution in [0.5, 0.6) is 5.75 Å². The zero-order chi connectivity index (χ0) is 26.6. The number of nitrogens with zero attached hydrogens (tertiary/aromatic N) is 1. The molecule has 1 aliphatic rings. The zero-order valence-corrected chi connectivity index (χ0v) is 21.8. The first-order valence-corrected chi connectivity index (χ1v) is 13.1. The second kappa shape index (κ2) is 11.0. The molecule has 194 valence electrons. The van der Waals surface area contributed by atoms with Crippen molar-refractivity contribution in [2.75, 3.05) is 12.4 Å². The van der Waals surface area contributed by atoms with Crippen LogP contribution >= 0.6 is 11.3 Å². The van der Waals surface area contributed by atoms with E-state index < -0.39 is 5.82 Å². The summed E-state index contributed by atoms with van der Waals surface area (Å²) in [6.07, 6.45) is 2.01. The van der Waals surface area contributed by atoms with Crippen molar-refractivity contribution in [1.29, 1.82) is 0 Å². The summed E-state index contributed by atoms with van der Waals surface area (Å²) in [5.74, 6) is -0.882. The lowest BCUT2D eigenvalue weighted by atomic mass is 10.1. The Kier molecular flexibility index (Phi) is 7.37. The molecular formula is C29H27FN4O3S. The molecule has 2 amide bonds. The van der Waals surface area contributed by atoms with Crippen LogP contribution in [0.25, 0.3) is 11.3 Å². The molecule has 3 aromatic carbocycles. The van der Waals surface area contributed by atoms with E-state index in [1.807, 2.05) is 43.3 Å². The minimum atomic E-state index is -0.548. The van der Waals surface area contributed by atoms with Crippen molar-refractivity contribution in [3.05, 3.63) is 94.1 Å². The van der Waals surface area contributed by atoms with Gasteiger partial charge in [0.2, 0.25) is 0 Å². The number of aryl methyl sites for hydroxylation is 1. The van der Waals surface area contributed by atoms with Gasteiger partial charge in [0.1, 0.15) is 4.88 Å². The molecule has 0 saturated heterocycles. The van der Waals surface area contributed by atoms with Crippen molar-refractivity contribution in [2.24, 2.45) is 0 Å². The van der Waals surface area contributed by atoms with Gasteiger partial charge in [-0.3, -0.25) is 9.59 Å². The molecule has 0 aliphatic heterocycles. The molecule has 7 nitrogen and oxygen atoms in total. The molecule has 5 rings (SSSR count). The highest BCUT2D eigenvalue weighted by Gasteiger charge is 2.24. The molecule has 1 aromatic heterocycles. The van der Waals surface area contributed by atoms with Gasteiger partial charge in [0.05, 0.1) is 12.8 Å². The Morgan fingerprint density at radius 2 is 1.84 bits per heavy atom. The largest absolute Gasteiger partial charge is 0.494 e. The number of carbonyl (C=O) groups is 2. The standard InChI is InChI=1S/C29H27FN4O3S/c1-17-8-9-20(27(35)32-21-11-12-21)15-23(17)33-29-34-25(19-10-13-24(37-2)22(30)14-19)26(38-29)28(36)31-16-18-6-4-3-5-7-18/h3-10,13-15,21H,11-12,16H2,1-2H3,(H,31,36)(H,32,35)(H,33,34). The summed E-state index contributed by atoms with van der Waals surface area (Å²) in [5.41, 5.74) is 3.91. The van der Waals surface area contributed by atoms with Crippen molar-refractivity contribution < 1.29 is 18.7 Å². The van der Waals surface area contributed by atoms with Gasteiger partial charge in [-0.05, 0) is 61.2 Å². The number of halogens is 1. The molecule has 9 heteroatoms. The third kappa shape index (κ3) is 5.84. The summed E-state index contributed by atoms with van der Waals surface area (Å²) >= 11 is 1.16. The predicted octanol–water partition coefficient (Wildman–Crippen LogP) is 5.83. The predicted molar refractivity (Wildman–Crippen MR) is 147 cm³/mol. The Labute approximate surface area is 224 Å². The Hall–Kier alpha value is -4.24. The number of aromatic nitrogens is 1. The number of ether oxygens (including phenoxy) is 1. The van der Waals surface area contributed by atoms with E-state index in [1.54, 1.807) is 18.2 Å². The van der Waals surface area contributed by atoms with Crippen molar-refractivity contribution in [2.45, 2.75) is 32.4 Å². The van der Waals surface area contributed by atoms with Gasteiger partial charge in [-0.25, -0.2) is 9.37 Å².